The molecular formula is C10H26N2O4Si2. The van der Waals surface area contributed by atoms with Gasteiger partial charge in [0.1, 0.15) is 0 Å². The predicted molar refractivity (Wildman–Crippen MR) is 75.8 cm³/mol. The first kappa shape index (κ1) is 17.6. The fourth-order valence-electron chi connectivity index (χ4n) is 1.79. The van der Waals surface area contributed by atoms with Crippen molar-refractivity contribution < 1.29 is 18.1 Å². The van der Waals surface area contributed by atoms with Gasteiger partial charge in [-0.05, 0) is 6.42 Å². The minimum Gasteiger partial charge on any atom is -0.377 e. The summed E-state index contributed by atoms with van der Waals surface area (Å²) in [5, 5.41) is 0. The molecule has 0 fully saturated rings. The monoisotopic (exact) mass is 294 g/mol. The Morgan fingerprint density at radius 2 is 1.56 bits per heavy atom. The van der Waals surface area contributed by atoms with Gasteiger partial charge in [-0.1, -0.05) is 19.6 Å². The fourth-order valence-corrected chi connectivity index (χ4v) is 4.98. The lowest BCUT2D eigenvalue weighted by Crippen LogP contribution is -2.53. The smallest absolute Gasteiger partial charge is 0.377 e. The molecule has 0 saturated heterocycles. The lowest BCUT2D eigenvalue weighted by Gasteiger charge is -2.33. The molecule has 108 valence electrons. The maximum absolute atomic E-state index is 11.4. The molecule has 0 aromatic rings. The molecule has 0 radical (unpaired) electrons. The van der Waals surface area contributed by atoms with E-state index in [4.69, 9.17) is 19.0 Å². The molecule has 2 amide bonds. The predicted octanol–water partition coefficient (Wildman–Crippen LogP) is 1.47. The summed E-state index contributed by atoms with van der Waals surface area (Å²) in [6.07, 6.45) is 0.759. The van der Waals surface area contributed by atoms with Crippen molar-refractivity contribution in [3.05, 3.63) is 0 Å². The van der Waals surface area contributed by atoms with Gasteiger partial charge in [-0.3, -0.25) is 0 Å². The van der Waals surface area contributed by atoms with Crippen molar-refractivity contribution in [1.82, 2.24) is 4.57 Å². The van der Waals surface area contributed by atoms with Gasteiger partial charge in [0.25, 0.3) is 0 Å². The highest BCUT2D eigenvalue weighted by Gasteiger charge is 2.37. The Hall–Kier alpha value is -0.416. The maximum Gasteiger partial charge on any atom is 0.500 e. The van der Waals surface area contributed by atoms with E-state index in [2.05, 4.69) is 19.6 Å². The molecule has 0 atom stereocenters. The lowest BCUT2D eigenvalue weighted by atomic mass is 10.5. The highest BCUT2D eigenvalue weighted by molar-refractivity contribution is 6.75. The number of urea groups is 1. The molecule has 0 spiro atoms. The van der Waals surface area contributed by atoms with Crippen molar-refractivity contribution in [2.24, 2.45) is 5.73 Å². The van der Waals surface area contributed by atoms with Crippen LogP contribution in [0.15, 0.2) is 0 Å². The van der Waals surface area contributed by atoms with Crippen molar-refractivity contribution in [3.8, 4) is 0 Å². The van der Waals surface area contributed by atoms with Crippen molar-refractivity contribution in [3.63, 3.8) is 0 Å². The summed E-state index contributed by atoms with van der Waals surface area (Å²) in [6.45, 7) is 6.89. The molecule has 0 heterocycles. The zero-order valence-corrected chi connectivity index (χ0v) is 14.3. The third kappa shape index (κ3) is 5.06. The van der Waals surface area contributed by atoms with E-state index < -0.39 is 17.0 Å². The second-order valence-electron chi connectivity index (χ2n) is 5.06. The molecule has 0 rings (SSSR count). The standard InChI is InChI=1S/C10H26N2O4Si2/c1-14-18(15-2,16-3)9-7-8-12(10(11)13)17(4,5)6/h7-9H2,1-6H3,(H2,11,13). The van der Waals surface area contributed by atoms with Gasteiger partial charge < -0.3 is 23.6 Å². The summed E-state index contributed by atoms with van der Waals surface area (Å²) in [4.78, 5) is 11.4. The van der Waals surface area contributed by atoms with Crippen LogP contribution in [0, 0.1) is 0 Å². The van der Waals surface area contributed by atoms with Crippen LogP contribution in [0.25, 0.3) is 0 Å². The van der Waals surface area contributed by atoms with Gasteiger partial charge in [0.2, 0.25) is 0 Å². The van der Waals surface area contributed by atoms with Gasteiger partial charge in [-0.2, -0.15) is 0 Å². The molecule has 0 unspecified atom stereocenters. The number of primary amides is 1. The molecule has 18 heavy (non-hydrogen) atoms. The largest absolute Gasteiger partial charge is 0.500 e. The number of carbonyl (C=O) groups is 1. The van der Waals surface area contributed by atoms with Crippen LogP contribution in [0.4, 0.5) is 4.79 Å². The van der Waals surface area contributed by atoms with Gasteiger partial charge in [0.15, 0.2) is 8.24 Å². The first-order valence-corrected chi connectivity index (χ1v) is 11.3. The number of carbonyl (C=O) groups excluding carboxylic acids is 1. The second-order valence-corrected chi connectivity index (χ2v) is 13.0. The summed E-state index contributed by atoms with van der Waals surface area (Å²) >= 11 is 0. The van der Waals surface area contributed by atoms with Crippen molar-refractivity contribution in [2.45, 2.75) is 32.1 Å². The molecule has 0 aliphatic carbocycles. The zero-order valence-electron chi connectivity index (χ0n) is 12.3. The summed E-state index contributed by atoms with van der Waals surface area (Å²) < 4.78 is 17.8. The highest BCUT2D eigenvalue weighted by atomic mass is 28.4. The number of amides is 2. The van der Waals surface area contributed by atoms with E-state index in [1.165, 1.54) is 0 Å². The summed E-state index contributed by atoms with van der Waals surface area (Å²) in [5.41, 5.74) is 5.41. The van der Waals surface area contributed by atoms with E-state index in [0.717, 1.165) is 6.42 Å². The van der Waals surface area contributed by atoms with E-state index in [-0.39, 0.29) is 6.03 Å². The lowest BCUT2D eigenvalue weighted by molar-refractivity contribution is 0.122. The van der Waals surface area contributed by atoms with Crippen LogP contribution in [0.1, 0.15) is 6.42 Å². The Kier molecular flexibility index (Phi) is 7.07. The molecule has 0 aliphatic rings. The fraction of sp³-hybridized carbons (Fsp3) is 0.900. The summed E-state index contributed by atoms with van der Waals surface area (Å²) in [7, 11) is 0.494. The van der Waals surface area contributed by atoms with E-state index >= 15 is 0 Å². The first-order chi connectivity index (χ1) is 8.22. The summed E-state index contributed by atoms with van der Waals surface area (Å²) in [6, 6.07) is 0.318. The minimum atomic E-state index is -2.54. The average molecular weight is 295 g/mol. The molecule has 2 N–H and O–H groups in total. The Balaban J connectivity index is 4.43. The highest BCUT2D eigenvalue weighted by Crippen LogP contribution is 2.17. The molecule has 0 aromatic carbocycles. The molecule has 0 aliphatic heterocycles. The number of nitrogens with two attached hydrogens (primary N) is 1. The Morgan fingerprint density at radius 1 is 1.11 bits per heavy atom. The molecule has 6 nitrogen and oxygen atoms in total. The summed E-state index contributed by atoms with van der Waals surface area (Å²) in [5.74, 6) is 0. The Bertz CT molecular complexity index is 259. The van der Waals surface area contributed by atoms with Gasteiger partial charge in [0.05, 0.1) is 0 Å². The van der Waals surface area contributed by atoms with Crippen LogP contribution in [0.3, 0.4) is 0 Å². The van der Waals surface area contributed by atoms with Crippen LogP contribution in [0.5, 0.6) is 0 Å². The van der Waals surface area contributed by atoms with E-state index in [9.17, 15) is 4.79 Å². The third-order valence-electron chi connectivity index (χ3n) is 2.87. The van der Waals surface area contributed by atoms with Gasteiger partial charge in [0, 0.05) is 33.9 Å². The van der Waals surface area contributed by atoms with Crippen LogP contribution < -0.4 is 5.73 Å². The molecule has 8 heteroatoms. The Morgan fingerprint density at radius 3 is 1.83 bits per heavy atom. The average Bonchev–Trinajstić information content (AvgIpc) is 2.28. The van der Waals surface area contributed by atoms with Gasteiger partial charge in [-0.25, -0.2) is 4.79 Å². The zero-order chi connectivity index (χ0) is 14.4. The van der Waals surface area contributed by atoms with Crippen molar-refractivity contribution in [1.29, 1.82) is 0 Å². The number of rotatable bonds is 8. The Labute approximate surface area is 112 Å². The maximum atomic E-state index is 11.4. The number of hydrogen-bond donors (Lipinski definition) is 1. The topological polar surface area (TPSA) is 74.0 Å². The first-order valence-electron chi connectivity index (χ1n) is 5.95. The van der Waals surface area contributed by atoms with Crippen molar-refractivity contribution in [2.75, 3.05) is 27.9 Å². The van der Waals surface area contributed by atoms with E-state index in [1.54, 1.807) is 25.9 Å². The third-order valence-corrected chi connectivity index (χ3v) is 7.77. The van der Waals surface area contributed by atoms with Crippen molar-refractivity contribution >= 4 is 23.1 Å². The van der Waals surface area contributed by atoms with Gasteiger partial charge >= 0.3 is 14.8 Å². The van der Waals surface area contributed by atoms with Crippen LogP contribution in [-0.4, -0.2) is 55.5 Å². The molecule has 0 aromatic heterocycles. The van der Waals surface area contributed by atoms with Crippen LogP contribution in [0.2, 0.25) is 25.7 Å². The van der Waals surface area contributed by atoms with E-state index in [0.29, 0.717) is 12.6 Å². The quantitative estimate of drug-likeness (QED) is 0.688. The number of hydrogen-bond acceptors (Lipinski definition) is 4. The minimum absolute atomic E-state index is 0.353. The normalized spacial score (nSPS) is 12.6. The number of nitrogens with zero attached hydrogens (tertiary/aromatic N) is 1. The SMILES string of the molecule is CO[Si](CCCN(C(N)=O)[Si](C)(C)C)(OC)OC. The van der Waals surface area contributed by atoms with Crippen LogP contribution >= 0.6 is 0 Å². The molecule has 0 saturated carbocycles. The van der Waals surface area contributed by atoms with Crippen LogP contribution in [-0.2, 0) is 13.3 Å². The molecular weight excluding hydrogens is 268 g/mol. The van der Waals surface area contributed by atoms with Gasteiger partial charge in [-0.15, -0.1) is 0 Å². The molecule has 0 bridgehead atoms. The van der Waals surface area contributed by atoms with E-state index in [1.807, 2.05) is 0 Å². The second kappa shape index (κ2) is 7.24.